The largest absolute Gasteiger partial charge is 0.391 e. The van der Waals surface area contributed by atoms with Crippen molar-refractivity contribution in [3.05, 3.63) is 71.9 Å². The molecule has 2 saturated heterocycles. The van der Waals surface area contributed by atoms with Crippen molar-refractivity contribution >= 4 is 58.1 Å². The van der Waals surface area contributed by atoms with Gasteiger partial charge in [-0.15, -0.1) is 0 Å². The average Bonchev–Trinajstić information content (AvgIpc) is 3.89. The van der Waals surface area contributed by atoms with Gasteiger partial charge in [-0.25, -0.2) is 0 Å². The van der Waals surface area contributed by atoms with Gasteiger partial charge < -0.3 is 58.8 Å². The second-order valence-electron chi connectivity index (χ2n) is 17.1. The van der Waals surface area contributed by atoms with E-state index in [1.807, 2.05) is 24.3 Å². The van der Waals surface area contributed by atoms with Gasteiger partial charge in [0.25, 0.3) is 0 Å². The van der Waals surface area contributed by atoms with Crippen molar-refractivity contribution in [1.82, 2.24) is 36.5 Å². The first-order valence-corrected chi connectivity index (χ1v) is 22.6. The molecule has 3 aromatic rings. The van der Waals surface area contributed by atoms with Crippen molar-refractivity contribution in [2.45, 2.75) is 120 Å². The van der Waals surface area contributed by atoms with Crippen molar-refractivity contribution in [1.29, 1.82) is 0 Å². The number of Topliss-reactive ketones (excluding diaryl/α,β-unsaturated/α-hetero) is 1. The van der Waals surface area contributed by atoms with Crippen LogP contribution in [0.15, 0.2) is 65.8 Å². The molecule has 7 atom stereocenters. The molecule has 19 heteroatoms. The maximum absolute atomic E-state index is 14.5. The molecule has 0 radical (unpaired) electrons. The van der Waals surface area contributed by atoms with E-state index in [0.717, 1.165) is 10.9 Å². The zero-order valence-electron chi connectivity index (χ0n) is 37.1. The van der Waals surface area contributed by atoms with Gasteiger partial charge in [-0.05, 0) is 75.2 Å². The van der Waals surface area contributed by atoms with Crippen LogP contribution in [-0.4, -0.2) is 125 Å². The lowest BCUT2D eigenvalue weighted by Gasteiger charge is -2.29. The normalized spacial score (nSPS) is 25.4. The summed E-state index contributed by atoms with van der Waals surface area (Å²) >= 11 is 0. The zero-order valence-corrected chi connectivity index (χ0v) is 37.1. The number of rotatable bonds is 9. The van der Waals surface area contributed by atoms with Gasteiger partial charge in [0.15, 0.2) is 5.96 Å². The van der Waals surface area contributed by atoms with Gasteiger partial charge in [0.2, 0.25) is 35.4 Å². The third-order valence-electron chi connectivity index (χ3n) is 11.9. The predicted octanol–water partition coefficient (Wildman–Crippen LogP) is -0.0679. The fourth-order valence-corrected chi connectivity index (χ4v) is 8.28. The van der Waals surface area contributed by atoms with E-state index in [1.54, 1.807) is 43.5 Å². The van der Waals surface area contributed by atoms with Gasteiger partial charge in [0.05, 0.1) is 6.10 Å². The first kappa shape index (κ1) is 49.7. The van der Waals surface area contributed by atoms with Crippen molar-refractivity contribution in [3.8, 4) is 0 Å². The minimum Gasteiger partial charge on any atom is -0.391 e. The molecule has 0 spiro atoms. The number of benzene rings is 2. The summed E-state index contributed by atoms with van der Waals surface area (Å²) in [5, 5.41) is 26.0. The molecule has 6 amide bonds. The van der Waals surface area contributed by atoms with Crippen LogP contribution in [0.4, 0.5) is 0 Å². The minimum absolute atomic E-state index is 0.000113. The highest BCUT2D eigenvalue weighted by Crippen LogP contribution is 2.24. The first-order chi connectivity index (χ1) is 31.2. The number of aromatic nitrogens is 1. The third-order valence-corrected chi connectivity index (χ3v) is 11.9. The van der Waals surface area contributed by atoms with Crippen LogP contribution in [0, 0.1) is 5.92 Å². The Morgan fingerprint density at radius 1 is 0.769 bits per heavy atom. The molecule has 2 aliphatic rings. The summed E-state index contributed by atoms with van der Waals surface area (Å²) in [6, 6.07) is 10.4. The van der Waals surface area contributed by atoms with E-state index >= 15 is 0 Å². The summed E-state index contributed by atoms with van der Waals surface area (Å²) in [5.74, 6) is -4.71. The molecule has 2 fully saturated rings. The van der Waals surface area contributed by atoms with E-state index in [-0.39, 0.29) is 82.1 Å². The highest BCUT2D eigenvalue weighted by atomic mass is 16.3. The maximum atomic E-state index is 14.5. The lowest BCUT2D eigenvalue weighted by atomic mass is 9.99. The Morgan fingerprint density at radius 3 is 2.18 bits per heavy atom. The molecule has 1 aromatic heterocycles. The number of nitrogens with zero attached hydrogens (tertiary/aromatic N) is 2. The van der Waals surface area contributed by atoms with E-state index in [0.29, 0.717) is 49.9 Å². The lowest BCUT2D eigenvalue weighted by Crippen LogP contribution is -2.59. The number of aliphatic hydroxyl groups is 1. The van der Waals surface area contributed by atoms with Gasteiger partial charge >= 0.3 is 0 Å². The summed E-state index contributed by atoms with van der Waals surface area (Å²) in [6.45, 7) is 2.88. The molecular weight excluding hydrogens is 835 g/mol. The van der Waals surface area contributed by atoms with Crippen molar-refractivity contribution in [2.24, 2.45) is 28.1 Å². The zero-order chi connectivity index (χ0) is 46.9. The molecule has 1 unspecified atom stereocenters. The van der Waals surface area contributed by atoms with Crippen LogP contribution in [0.1, 0.15) is 82.3 Å². The molecule has 5 rings (SSSR count). The predicted molar refractivity (Wildman–Crippen MR) is 244 cm³/mol. The topological polar surface area (TPSA) is 309 Å². The molecule has 2 aromatic carbocycles. The fourth-order valence-electron chi connectivity index (χ4n) is 8.28. The van der Waals surface area contributed by atoms with Gasteiger partial charge in [-0.2, -0.15) is 0 Å². The maximum Gasteiger partial charge on any atom is 0.243 e. The Kier molecular flexibility index (Phi) is 18.8. The number of aliphatic imine (C=N–C) groups is 1. The van der Waals surface area contributed by atoms with Crippen LogP contribution >= 0.6 is 0 Å². The summed E-state index contributed by atoms with van der Waals surface area (Å²) < 4.78 is 0. The van der Waals surface area contributed by atoms with Crippen LogP contribution in [0.25, 0.3) is 10.9 Å². The molecule has 2 aliphatic heterocycles. The Morgan fingerprint density at radius 2 is 1.43 bits per heavy atom. The number of aromatic amines is 1. The first-order valence-electron chi connectivity index (χ1n) is 22.6. The highest BCUT2D eigenvalue weighted by Gasteiger charge is 2.42. The standard InChI is InChI=1S/C46H65N11O8/c1-28-18-19-31(58)13-9-21-50-20-8-7-16-35(40(47)60)53-43(63)38(24-30-26-52-34-15-6-5-14-33(30)34)55-41(61)36(17-10-22-51-46(48)49)54-42(62)37(23-29-11-3-2-4-12-29)56-44(64)39-25-32(59)27-57(39)45(28)65/h2-6,11-12,14-15,26,28,32,35-39,50,52,59H,7-10,13,16-25,27H2,1H3,(H2,47,60)(H,53,63)(H,54,62)(H,55,61)(H,56,64)(H4,48,49,51)/t28-,32+,35-,36-,37+,38?,39-/m0/s1. The molecule has 19 nitrogen and oxygen atoms in total. The van der Waals surface area contributed by atoms with Crippen LogP contribution in [-0.2, 0) is 46.4 Å². The molecule has 352 valence electrons. The van der Waals surface area contributed by atoms with Crippen molar-refractivity contribution in [2.75, 3.05) is 26.2 Å². The number of ketones is 1. The number of guanidine groups is 1. The Bertz CT molecular complexity index is 2140. The minimum atomic E-state index is -1.28. The highest BCUT2D eigenvalue weighted by molar-refractivity contribution is 5.97. The lowest BCUT2D eigenvalue weighted by molar-refractivity contribution is -0.142. The number of hydrogen-bond donors (Lipinski definition) is 10. The van der Waals surface area contributed by atoms with Gasteiger partial charge in [0.1, 0.15) is 36.0 Å². The van der Waals surface area contributed by atoms with E-state index in [2.05, 4.69) is 36.6 Å². The van der Waals surface area contributed by atoms with E-state index in [9.17, 15) is 38.7 Å². The van der Waals surface area contributed by atoms with Crippen LogP contribution in [0.3, 0.4) is 0 Å². The summed E-state index contributed by atoms with van der Waals surface area (Å²) in [6.07, 6.45) is 3.66. The van der Waals surface area contributed by atoms with E-state index < -0.39 is 71.8 Å². The number of nitrogens with one attached hydrogen (secondary N) is 6. The van der Waals surface area contributed by atoms with Crippen molar-refractivity contribution < 1.29 is 38.7 Å². The number of nitrogens with two attached hydrogens (primary N) is 3. The molecule has 0 bridgehead atoms. The van der Waals surface area contributed by atoms with E-state index in [4.69, 9.17) is 17.2 Å². The molecule has 0 saturated carbocycles. The monoisotopic (exact) mass is 900 g/mol. The number of aliphatic hydroxyl groups excluding tert-OH is 1. The number of H-pyrrole nitrogens is 1. The number of para-hydroxylation sites is 1. The average molecular weight is 900 g/mol. The summed E-state index contributed by atoms with van der Waals surface area (Å²) in [7, 11) is 0. The van der Waals surface area contributed by atoms with Crippen molar-refractivity contribution in [3.63, 3.8) is 0 Å². The Hall–Kier alpha value is -6.34. The number of carbonyl (C=O) groups excluding carboxylic acids is 7. The number of fused-ring (bicyclic) bond motifs is 2. The molecule has 13 N–H and O–H groups in total. The number of primary amides is 1. The number of hydrogen-bond acceptors (Lipinski definition) is 10. The van der Waals surface area contributed by atoms with Crippen LogP contribution in [0.5, 0.6) is 0 Å². The van der Waals surface area contributed by atoms with Gasteiger partial charge in [0, 0.05) is 68.2 Å². The second-order valence-corrected chi connectivity index (χ2v) is 17.1. The molecular formula is C46H65N11O8. The molecule has 65 heavy (non-hydrogen) atoms. The smallest absolute Gasteiger partial charge is 0.243 e. The fraction of sp³-hybridized carbons (Fsp3) is 0.522. The molecule has 3 heterocycles. The Labute approximate surface area is 378 Å². The number of amides is 6. The quantitative estimate of drug-likeness (QED) is 0.0771. The van der Waals surface area contributed by atoms with E-state index in [1.165, 1.54) is 4.90 Å². The molecule has 0 aliphatic carbocycles. The summed E-state index contributed by atoms with van der Waals surface area (Å²) in [4.78, 5) is 105. The Balaban J connectivity index is 1.47. The SMILES string of the molecule is C[C@H]1CCC(=O)CCCNCCCC[C@@H](C(N)=O)NC(=O)C(Cc2c[nH]c3ccccc23)NC(=O)[C@H](CCCN=C(N)N)NC(=O)[C@@H](Cc2ccccc2)NC(=O)[C@@H]2C[C@@H](O)CN2C1=O. The van der Waals surface area contributed by atoms with Gasteiger partial charge in [-0.1, -0.05) is 55.5 Å². The summed E-state index contributed by atoms with van der Waals surface area (Å²) in [5.41, 5.74) is 19.1. The third kappa shape index (κ3) is 15.1. The van der Waals surface area contributed by atoms with Gasteiger partial charge in [-0.3, -0.25) is 38.6 Å². The number of carbonyl (C=O) groups is 7. The second kappa shape index (κ2) is 24.6. The van der Waals surface area contributed by atoms with Crippen LogP contribution < -0.4 is 43.8 Å². The van der Waals surface area contributed by atoms with Crippen LogP contribution in [0.2, 0.25) is 0 Å².